The number of rotatable bonds is 33. The van der Waals surface area contributed by atoms with Crippen molar-refractivity contribution in [1.82, 2.24) is 10.2 Å². The molecule has 2 aromatic rings. The first kappa shape index (κ1) is 43.4. The Hall–Kier alpha value is -2.77. The minimum Gasteiger partial charge on any atom is -0.385 e. The molecule has 0 aliphatic heterocycles. The highest BCUT2D eigenvalue weighted by Crippen LogP contribution is 2.22. The number of carbonyl (C=O) groups is 1. The van der Waals surface area contributed by atoms with Gasteiger partial charge in [0.1, 0.15) is 0 Å². The van der Waals surface area contributed by atoms with E-state index < -0.39 is 0 Å². The molecule has 0 atom stereocenters. The lowest BCUT2D eigenvalue weighted by molar-refractivity contribution is 0.0749. The van der Waals surface area contributed by atoms with E-state index in [-0.39, 0.29) is 5.91 Å². The van der Waals surface area contributed by atoms with Crippen LogP contribution in [0.25, 0.3) is 0 Å². The first-order chi connectivity index (χ1) is 24.7. The number of unbranched alkanes of at least 4 members (excludes halogenated alkanes) is 18. The first-order valence-electron chi connectivity index (χ1n) is 20.7. The lowest BCUT2D eigenvalue weighted by Crippen LogP contribution is -2.33. The maximum atomic E-state index is 13.7. The van der Waals surface area contributed by atoms with Gasteiger partial charge in [0.05, 0.1) is 11.4 Å². The Morgan fingerprint density at radius 2 is 0.960 bits per heavy atom. The summed E-state index contributed by atoms with van der Waals surface area (Å²) in [6.07, 6.45) is 28.2. The fourth-order valence-electron chi connectivity index (χ4n) is 6.31. The maximum absolute atomic E-state index is 13.7. The predicted octanol–water partition coefficient (Wildman–Crippen LogP) is 12.1. The number of amides is 1. The molecule has 50 heavy (non-hydrogen) atoms. The van der Waals surface area contributed by atoms with E-state index in [4.69, 9.17) is 5.73 Å². The van der Waals surface area contributed by atoms with E-state index in [0.717, 1.165) is 87.6 Å². The van der Waals surface area contributed by atoms with Crippen molar-refractivity contribution in [1.29, 1.82) is 0 Å². The van der Waals surface area contributed by atoms with E-state index in [1.807, 2.05) is 48.5 Å². The summed E-state index contributed by atoms with van der Waals surface area (Å²) in [5.41, 5.74) is 8.91. The Balaban J connectivity index is 1.80. The summed E-state index contributed by atoms with van der Waals surface area (Å²) < 4.78 is 0. The van der Waals surface area contributed by atoms with Gasteiger partial charge in [-0.3, -0.25) is 4.79 Å². The maximum Gasteiger partial charge on any atom is 0.253 e. The molecule has 2 rings (SSSR count). The Bertz CT molecular complexity index is 1060. The lowest BCUT2D eigenvalue weighted by atomic mass is 10.1. The van der Waals surface area contributed by atoms with Crippen LogP contribution in [0.15, 0.2) is 58.8 Å². The van der Waals surface area contributed by atoms with Gasteiger partial charge in [0, 0.05) is 30.9 Å². The van der Waals surface area contributed by atoms with Crippen molar-refractivity contribution >= 4 is 23.0 Å². The molecule has 0 aromatic heterocycles. The van der Waals surface area contributed by atoms with Crippen LogP contribution in [0.3, 0.4) is 0 Å². The van der Waals surface area contributed by atoms with Gasteiger partial charge in [-0.05, 0) is 93.8 Å². The number of azo groups is 1. The van der Waals surface area contributed by atoms with Crippen LogP contribution in [0.1, 0.15) is 165 Å². The van der Waals surface area contributed by atoms with Crippen molar-refractivity contribution < 1.29 is 4.79 Å². The standard InChI is InChI=1S/C43H74N6O/c1-3-5-7-9-11-13-15-17-19-21-37-49(38-22-20-18-16-14-12-10-8-6-4-2)43(50)39-25-27-41(28-26-39)47-48-42-31-29-40(30-32-42)46-36-24-35-45-34-23-33-44/h25-32,45-46H,3-24,33-38,44H2,1-2H3. The molecule has 0 bridgehead atoms. The van der Waals surface area contributed by atoms with E-state index in [9.17, 15) is 4.79 Å². The molecule has 7 nitrogen and oxygen atoms in total. The highest BCUT2D eigenvalue weighted by atomic mass is 16.2. The zero-order valence-corrected chi connectivity index (χ0v) is 32.2. The van der Waals surface area contributed by atoms with Gasteiger partial charge >= 0.3 is 0 Å². The fourth-order valence-corrected chi connectivity index (χ4v) is 6.31. The van der Waals surface area contributed by atoms with Crippen LogP contribution in [-0.2, 0) is 0 Å². The highest BCUT2D eigenvalue weighted by Gasteiger charge is 2.15. The minimum atomic E-state index is 0.148. The zero-order valence-electron chi connectivity index (χ0n) is 32.2. The largest absolute Gasteiger partial charge is 0.385 e. The summed E-state index contributed by atoms with van der Waals surface area (Å²) >= 11 is 0. The third kappa shape index (κ3) is 22.1. The first-order valence-corrected chi connectivity index (χ1v) is 20.7. The number of nitrogens with one attached hydrogen (secondary N) is 2. The van der Waals surface area contributed by atoms with Crippen molar-refractivity contribution in [3.8, 4) is 0 Å². The van der Waals surface area contributed by atoms with Gasteiger partial charge in [-0.25, -0.2) is 0 Å². The number of hydrogen-bond acceptors (Lipinski definition) is 6. The topological polar surface area (TPSA) is 95.1 Å². The molecule has 0 aliphatic carbocycles. The zero-order chi connectivity index (χ0) is 35.7. The molecule has 0 aliphatic rings. The molecule has 0 spiro atoms. The molecular weight excluding hydrogens is 617 g/mol. The number of hydrogen-bond donors (Lipinski definition) is 3. The van der Waals surface area contributed by atoms with Crippen molar-refractivity contribution in [2.24, 2.45) is 16.0 Å². The summed E-state index contributed by atoms with van der Waals surface area (Å²) in [7, 11) is 0. The van der Waals surface area contributed by atoms with Crippen LogP contribution in [-0.4, -0.2) is 50.1 Å². The minimum absolute atomic E-state index is 0.148. The van der Waals surface area contributed by atoms with Gasteiger partial charge < -0.3 is 21.3 Å². The third-order valence-electron chi connectivity index (χ3n) is 9.53. The average Bonchev–Trinajstić information content (AvgIpc) is 3.14. The molecule has 4 N–H and O–H groups in total. The molecule has 0 heterocycles. The highest BCUT2D eigenvalue weighted by molar-refractivity contribution is 5.94. The van der Waals surface area contributed by atoms with Crippen LogP contribution < -0.4 is 16.4 Å². The van der Waals surface area contributed by atoms with Crippen molar-refractivity contribution in [3.05, 3.63) is 54.1 Å². The van der Waals surface area contributed by atoms with E-state index in [0.29, 0.717) is 0 Å². The molecule has 0 saturated heterocycles. The van der Waals surface area contributed by atoms with E-state index in [2.05, 4.69) is 39.6 Å². The monoisotopic (exact) mass is 691 g/mol. The summed E-state index contributed by atoms with van der Waals surface area (Å²) in [6.45, 7) is 9.87. The van der Waals surface area contributed by atoms with Gasteiger partial charge in [0.15, 0.2) is 0 Å². The van der Waals surface area contributed by atoms with Crippen molar-refractivity contribution in [3.63, 3.8) is 0 Å². The summed E-state index contributed by atoms with van der Waals surface area (Å²) in [4.78, 5) is 15.8. The number of anilines is 1. The van der Waals surface area contributed by atoms with Crippen LogP contribution >= 0.6 is 0 Å². The van der Waals surface area contributed by atoms with E-state index >= 15 is 0 Å². The molecule has 282 valence electrons. The Labute approximate surface area is 307 Å². The Morgan fingerprint density at radius 1 is 0.540 bits per heavy atom. The molecule has 0 fully saturated rings. The molecule has 0 radical (unpaired) electrons. The van der Waals surface area contributed by atoms with Crippen molar-refractivity contribution in [2.45, 2.75) is 155 Å². The van der Waals surface area contributed by atoms with Gasteiger partial charge in [0.2, 0.25) is 0 Å². The van der Waals surface area contributed by atoms with Gasteiger partial charge in [-0.2, -0.15) is 10.2 Å². The smallest absolute Gasteiger partial charge is 0.253 e. The summed E-state index contributed by atoms with van der Waals surface area (Å²) in [5, 5.41) is 15.7. The van der Waals surface area contributed by atoms with Gasteiger partial charge in [-0.1, -0.05) is 129 Å². The quantitative estimate of drug-likeness (QED) is 0.0513. The van der Waals surface area contributed by atoms with E-state index in [1.165, 1.54) is 116 Å². The second kappa shape index (κ2) is 31.0. The average molecular weight is 691 g/mol. The molecule has 0 unspecified atom stereocenters. The van der Waals surface area contributed by atoms with Crippen LogP contribution in [0.5, 0.6) is 0 Å². The SMILES string of the molecule is CCCCCCCCCCCCN(CCCCCCCCCCCC)C(=O)c1ccc(N=Nc2ccc(NCCCNCCCN)cc2)cc1. The Kier molecular flexibility index (Phi) is 26.9. The summed E-state index contributed by atoms with van der Waals surface area (Å²) in [5.74, 6) is 0.148. The third-order valence-corrected chi connectivity index (χ3v) is 9.53. The number of carbonyl (C=O) groups excluding carboxylic acids is 1. The number of benzene rings is 2. The second-order valence-corrected chi connectivity index (χ2v) is 14.1. The van der Waals surface area contributed by atoms with E-state index in [1.54, 1.807) is 0 Å². The number of nitrogens with two attached hydrogens (primary N) is 1. The lowest BCUT2D eigenvalue weighted by Gasteiger charge is -2.23. The van der Waals surface area contributed by atoms with Crippen LogP contribution in [0.2, 0.25) is 0 Å². The molecule has 7 heteroatoms. The second-order valence-electron chi connectivity index (χ2n) is 14.1. The molecular formula is C43H74N6O. The van der Waals surface area contributed by atoms with Crippen LogP contribution in [0.4, 0.5) is 17.1 Å². The fraction of sp³-hybridized carbons (Fsp3) is 0.698. The normalized spacial score (nSPS) is 11.4. The number of nitrogens with zero attached hydrogens (tertiary/aromatic N) is 3. The van der Waals surface area contributed by atoms with Crippen molar-refractivity contribution in [2.75, 3.05) is 44.6 Å². The predicted molar refractivity (Wildman–Crippen MR) is 216 cm³/mol. The molecule has 2 aromatic carbocycles. The molecule has 0 saturated carbocycles. The van der Waals surface area contributed by atoms with Gasteiger partial charge in [0.25, 0.3) is 5.91 Å². The molecule has 1 amide bonds. The Morgan fingerprint density at radius 3 is 1.42 bits per heavy atom. The van der Waals surface area contributed by atoms with Gasteiger partial charge in [-0.15, -0.1) is 0 Å². The van der Waals surface area contributed by atoms with Crippen LogP contribution in [0, 0.1) is 0 Å². The summed E-state index contributed by atoms with van der Waals surface area (Å²) in [6, 6.07) is 15.7.